The monoisotopic (exact) mass is 445 g/mol. The van der Waals surface area contributed by atoms with Gasteiger partial charge in [0.25, 0.3) is 5.91 Å². The number of nitrogens with one attached hydrogen (secondary N) is 1. The molecular weight excluding hydrogens is 432 g/mol. The number of hydrogen-bond acceptors (Lipinski definition) is 6. The first-order chi connectivity index (χ1) is 14.7. The van der Waals surface area contributed by atoms with Crippen molar-refractivity contribution in [2.24, 2.45) is 0 Å². The van der Waals surface area contributed by atoms with Gasteiger partial charge in [0.05, 0.1) is 18.3 Å². The van der Waals surface area contributed by atoms with Crippen LogP contribution in [-0.2, 0) is 21.5 Å². The van der Waals surface area contributed by atoms with E-state index >= 15 is 4.39 Å². The number of hydrogen-bond donors (Lipinski definition) is 2. The average Bonchev–Trinajstić information content (AvgIpc) is 3.25. The Kier molecular flexibility index (Phi) is 4.82. The Balaban J connectivity index is 1.67. The molecule has 0 bridgehead atoms. The Morgan fingerprint density at radius 2 is 2.03 bits per heavy atom. The predicted octanol–water partition coefficient (Wildman–Crippen LogP) is 1.63. The molecule has 9 nitrogen and oxygen atoms in total. The first kappa shape index (κ1) is 20.3. The number of rotatable bonds is 4. The average molecular weight is 445 g/mol. The van der Waals surface area contributed by atoms with Gasteiger partial charge in [-0.1, -0.05) is 6.07 Å². The molecule has 0 aliphatic carbocycles. The highest BCUT2D eigenvalue weighted by atomic mass is 32.2. The van der Waals surface area contributed by atoms with Crippen LogP contribution in [0.15, 0.2) is 42.7 Å². The highest BCUT2D eigenvalue weighted by molar-refractivity contribution is 7.92. The van der Waals surface area contributed by atoms with E-state index in [1.165, 1.54) is 35.3 Å². The lowest BCUT2D eigenvalue weighted by Gasteiger charge is -2.18. The van der Waals surface area contributed by atoms with Crippen LogP contribution >= 0.6 is 0 Å². The third kappa shape index (κ3) is 3.66. The number of anilines is 1. The van der Waals surface area contributed by atoms with E-state index in [0.29, 0.717) is 9.87 Å². The second-order valence-electron chi connectivity index (χ2n) is 6.68. The number of benzene rings is 2. The van der Waals surface area contributed by atoms with Crippen molar-refractivity contribution in [3.8, 4) is 22.9 Å². The Morgan fingerprint density at radius 3 is 2.68 bits per heavy atom. The van der Waals surface area contributed by atoms with Gasteiger partial charge in [0, 0.05) is 17.3 Å². The molecule has 1 amide bonds. The van der Waals surface area contributed by atoms with E-state index in [1.807, 2.05) is 0 Å². The Hall–Kier alpha value is -3.98. The van der Waals surface area contributed by atoms with Crippen LogP contribution in [0.25, 0.3) is 11.1 Å². The highest BCUT2D eigenvalue weighted by Gasteiger charge is 2.38. The molecule has 0 radical (unpaired) electrons. The third-order valence-electron chi connectivity index (χ3n) is 4.61. The summed E-state index contributed by atoms with van der Waals surface area (Å²) < 4.78 is 56.7. The van der Waals surface area contributed by atoms with Gasteiger partial charge in [0.1, 0.15) is 29.9 Å². The fourth-order valence-electron chi connectivity index (χ4n) is 3.18. The Morgan fingerprint density at radius 1 is 1.26 bits per heavy atom. The summed E-state index contributed by atoms with van der Waals surface area (Å²) in [5.41, 5.74) is -0.0136. The van der Waals surface area contributed by atoms with E-state index in [9.17, 15) is 22.7 Å². The summed E-state index contributed by atoms with van der Waals surface area (Å²) in [4.78, 5) is 11.5. The maximum atomic E-state index is 15.2. The van der Waals surface area contributed by atoms with Crippen molar-refractivity contribution in [2.45, 2.75) is 6.54 Å². The molecule has 1 saturated heterocycles. The predicted molar refractivity (Wildman–Crippen MR) is 104 cm³/mol. The quantitative estimate of drug-likeness (QED) is 0.628. The van der Waals surface area contributed by atoms with Gasteiger partial charge in [-0.2, -0.15) is 18.8 Å². The lowest BCUT2D eigenvalue weighted by molar-refractivity contribution is -0.117. The maximum absolute atomic E-state index is 15.2. The maximum Gasteiger partial charge on any atom is 0.326 e. The molecule has 31 heavy (non-hydrogen) atoms. The van der Waals surface area contributed by atoms with E-state index in [0.717, 1.165) is 6.07 Å². The van der Waals surface area contributed by atoms with Gasteiger partial charge in [0.2, 0.25) is 0 Å². The number of aromatic hydroxyl groups is 1. The number of amides is 1. The van der Waals surface area contributed by atoms with Crippen LogP contribution in [0, 0.1) is 23.0 Å². The van der Waals surface area contributed by atoms with Gasteiger partial charge >= 0.3 is 10.2 Å². The second-order valence-corrected chi connectivity index (χ2v) is 8.28. The standard InChI is InChI=1S/C19H13F2N5O4S/c20-15-5-11(1-2-12(15)6-22)8-25-9-13(7-23-25)14-3-4-16(27)19(18(14)21)26-10-17(28)24-31(26,29)30/h1-5,7,9,27H,8,10H2,(H,24,28). The zero-order chi connectivity index (χ0) is 22.3. The van der Waals surface area contributed by atoms with Crippen LogP contribution in [0.3, 0.4) is 0 Å². The molecular formula is C19H13F2N5O4S. The second kappa shape index (κ2) is 7.37. The number of carbonyl (C=O) groups is 1. The smallest absolute Gasteiger partial charge is 0.326 e. The SMILES string of the molecule is N#Cc1ccc(Cn2cc(-c3ccc(O)c(N4CC(=O)NS4(=O)=O)c3F)cn2)cc1F. The molecule has 1 aliphatic rings. The molecule has 0 saturated carbocycles. The topological polar surface area (TPSA) is 128 Å². The van der Waals surface area contributed by atoms with Crippen LogP contribution in [0.1, 0.15) is 11.1 Å². The van der Waals surface area contributed by atoms with Crippen molar-refractivity contribution in [2.75, 3.05) is 10.8 Å². The fourth-order valence-corrected chi connectivity index (χ4v) is 4.35. The minimum absolute atomic E-state index is 0.0559. The van der Waals surface area contributed by atoms with Gasteiger partial charge in [-0.3, -0.25) is 9.48 Å². The number of phenolic OH excluding ortho intramolecular Hbond substituents is 1. The summed E-state index contributed by atoms with van der Waals surface area (Å²) in [6.07, 6.45) is 2.78. The minimum Gasteiger partial charge on any atom is -0.506 e. The molecule has 1 aliphatic heterocycles. The van der Waals surface area contributed by atoms with Gasteiger partial charge in [0.15, 0.2) is 5.82 Å². The first-order valence-electron chi connectivity index (χ1n) is 8.75. The zero-order valence-electron chi connectivity index (χ0n) is 15.6. The summed E-state index contributed by atoms with van der Waals surface area (Å²) in [6.45, 7) is -0.534. The normalized spacial score (nSPS) is 15.0. The summed E-state index contributed by atoms with van der Waals surface area (Å²) in [6, 6.07) is 8.18. The van der Waals surface area contributed by atoms with Crippen molar-refractivity contribution < 1.29 is 27.1 Å². The molecule has 4 rings (SSSR count). The van der Waals surface area contributed by atoms with Crippen molar-refractivity contribution in [1.29, 1.82) is 5.26 Å². The molecule has 12 heteroatoms. The summed E-state index contributed by atoms with van der Waals surface area (Å²) in [5.74, 6) is -3.23. The van der Waals surface area contributed by atoms with Crippen LogP contribution < -0.4 is 9.03 Å². The molecule has 0 atom stereocenters. The van der Waals surface area contributed by atoms with E-state index < -0.39 is 45.7 Å². The van der Waals surface area contributed by atoms with Gasteiger partial charge in [-0.25, -0.2) is 17.8 Å². The number of carbonyl (C=O) groups excluding carboxylic acids is 1. The molecule has 1 aromatic heterocycles. The van der Waals surface area contributed by atoms with Crippen molar-refractivity contribution in [1.82, 2.24) is 14.5 Å². The summed E-state index contributed by atoms with van der Waals surface area (Å²) >= 11 is 0. The lowest BCUT2D eigenvalue weighted by atomic mass is 10.1. The van der Waals surface area contributed by atoms with E-state index in [-0.39, 0.29) is 23.2 Å². The molecule has 2 heterocycles. The first-order valence-corrected chi connectivity index (χ1v) is 10.2. The van der Waals surface area contributed by atoms with Gasteiger partial charge in [-0.05, 0) is 29.8 Å². The number of phenols is 1. The molecule has 0 spiro atoms. The van der Waals surface area contributed by atoms with E-state index in [2.05, 4.69) is 5.10 Å². The van der Waals surface area contributed by atoms with Crippen LogP contribution in [0.2, 0.25) is 0 Å². The van der Waals surface area contributed by atoms with Crippen molar-refractivity contribution in [3.05, 3.63) is 65.5 Å². The van der Waals surface area contributed by atoms with Gasteiger partial charge in [-0.15, -0.1) is 0 Å². The molecule has 1 fully saturated rings. The molecule has 2 N–H and O–H groups in total. The molecule has 158 valence electrons. The highest BCUT2D eigenvalue weighted by Crippen LogP contribution is 2.38. The number of nitrogens with zero attached hydrogens (tertiary/aromatic N) is 4. The summed E-state index contributed by atoms with van der Waals surface area (Å²) in [5, 5.41) is 22.9. The Labute approximate surface area is 174 Å². The van der Waals surface area contributed by atoms with Crippen LogP contribution in [-0.4, -0.2) is 35.8 Å². The molecule has 2 aromatic carbocycles. The Bertz CT molecular complexity index is 1360. The third-order valence-corrected chi connectivity index (χ3v) is 5.98. The number of aromatic nitrogens is 2. The summed E-state index contributed by atoms with van der Waals surface area (Å²) in [7, 11) is -4.32. The zero-order valence-corrected chi connectivity index (χ0v) is 16.4. The van der Waals surface area contributed by atoms with Crippen molar-refractivity contribution >= 4 is 21.8 Å². The lowest BCUT2D eigenvalue weighted by Crippen LogP contribution is -2.30. The van der Waals surface area contributed by atoms with Crippen LogP contribution in [0.5, 0.6) is 5.75 Å². The molecule has 0 unspecified atom stereocenters. The van der Waals surface area contributed by atoms with Crippen LogP contribution in [0.4, 0.5) is 14.5 Å². The van der Waals surface area contributed by atoms with E-state index in [4.69, 9.17) is 5.26 Å². The molecule has 3 aromatic rings. The fraction of sp³-hybridized carbons (Fsp3) is 0.105. The number of nitriles is 1. The van der Waals surface area contributed by atoms with Gasteiger partial charge < -0.3 is 5.11 Å². The van der Waals surface area contributed by atoms with E-state index in [1.54, 1.807) is 16.9 Å². The number of halogens is 2. The largest absolute Gasteiger partial charge is 0.506 e. The van der Waals surface area contributed by atoms with Crippen molar-refractivity contribution in [3.63, 3.8) is 0 Å². The minimum atomic E-state index is -4.32.